The number of amides is 4. The fourth-order valence-corrected chi connectivity index (χ4v) is 7.51. The molecule has 0 aromatic carbocycles. The molecule has 0 unspecified atom stereocenters. The van der Waals surface area contributed by atoms with Crippen LogP contribution < -0.4 is 25.4 Å². The third kappa shape index (κ3) is 8.80. The Bertz CT molecular complexity index is 2320. The Hall–Kier alpha value is -5.54. The van der Waals surface area contributed by atoms with E-state index in [0.29, 0.717) is 23.5 Å². The van der Waals surface area contributed by atoms with Crippen molar-refractivity contribution >= 4 is 68.7 Å². The highest BCUT2D eigenvalue weighted by Crippen LogP contribution is 2.32. The quantitative estimate of drug-likeness (QED) is 0.0909. The minimum Gasteiger partial charge on any atom is -0.478 e. The molecule has 4 amide bonds. The summed E-state index contributed by atoms with van der Waals surface area (Å²) in [7, 11) is 3.79. The smallest absolute Gasteiger partial charge is 0.341 e. The van der Waals surface area contributed by atoms with Gasteiger partial charge < -0.3 is 15.4 Å². The van der Waals surface area contributed by atoms with Crippen molar-refractivity contribution in [1.29, 1.82) is 0 Å². The molecule has 0 saturated heterocycles. The van der Waals surface area contributed by atoms with Gasteiger partial charge in [0.1, 0.15) is 21.3 Å². The van der Waals surface area contributed by atoms with Gasteiger partial charge in [-0.05, 0) is 68.4 Å². The molecule has 0 fully saturated rings. The van der Waals surface area contributed by atoms with Gasteiger partial charge in [-0.15, -0.1) is 0 Å². The van der Waals surface area contributed by atoms with E-state index < -0.39 is 12.1 Å². The Morgan fingerprint density at radius 1 is 0.690 bits per heavy atom. The largest absolute Gasteiger partial charge is 0.478 e. The minimum atomic E-state index is -0.673. The number of hydrazine groups is 1. The van der Waals surface area contributed by atoms with Crippen LogP contribution in [0.5, 0.6) is 5.88 Å². The number of hydrogen-bond donors (Lipinski definition) is 2. The summed E-state index contributed by atoms with van der Waals surface area (Å²) in [5.74, 6) is 0.476. The van der Waals surface area contributed by atoms with Gasteiger partial charge in [-0.25, -0.2) is 29.5 Å². The number of carbonyl (C=O) groups is 2. The monoisotopic (exact) mass is 828 g/mol. The van der Waals surface area contributed by atoms with E-state index in [1.54, 1.807) is 12.1 Å². The number of ether oxygens (including phenoxy) is 1. The number of aryl methyl sites for hydroxylation is 5. The summed E-state index contributed by atoms with van der Waals surface area (Å²) in [6, 6.07) is 8.90. The fourth-order valence-electron chi connectivity index (χ4n) is 7.09. The maximum Gasteiger partial charge on any atom is 0.341 e. The average Bonchev–Trinajstić information content (AvgIpc) is 3.62. The van der Waals surface area contributed by atoms with Gasteiger partial charge in [0.2, 0.25) is 5.88 Å². The summed E-state index contributed by atoms with van der Waals surface area (Å²) in [5.41, 5.74) is 9.37. The standard InChI is InChI=1S/C41H50Cl2N12O3/c1-11-13-26-14-29(17-33(42)46-26)54(40(56)44-20-27-15-31(22(3)4)38-36(47-27)24(7)50-52(38)9)55(30-18-34(43)49-35(19-30)58-12-2)41(57)45-21-28-16-32(23(5)6)39-37(48-28)25(8)51-53(39)10/h14-19,22-23H,11-13,20-21H2,1-10H3,(H,44,56)(H,45,57). The number of anilines is 2. The predicted molar refractivity (Wildman–Crippen MR) is 228 cm³/mol. The Labute approximate surface area is 348 Å². The number of aromatic nitrogens is 8. The molecule has 6 aromatic rings. The van der Waals surface area contributed by atoms with Gasteiger partial charge in [-0.1, -0.05) is 64.2 Å². The molecule has 0 spiro atoms. The first kappa shape index (κ1) is 42.1. The number of carbonyl (C=O) groups excluding carboxylic acids is 2. The van der Waals surface area contributed by atoms with Gasteiger partial charge in [0, 0.05) is 38.0 Å². The van der Waals surface area contributed by atoms with Crippen molar-refractivity contribution in [3.05, 3.63) is 86.3 Å². The lowest BCUT2D eigenvalue weighted by atomic mass is 10.0. The third-order valence-corrected chi connectivity index (χ3v) is 10.0. The molecule has 17 heteroatoms. The number of hydrogen-bond acceptors (Lipinski definition) is 9. The van der Waals surface area contributed by atoms with Gasteiger partial charge in [-0.3, -0.25) is 9.36 Å². The Morgan fingerprint density at radius 3 is 1.60 bits per heavy atom. The summed E-state index contributed by atoms with van der Waals surface area (Å²) in [6.45, 7) is 16.4. The zero-order valence-corrected chi connectivity index (χ0v) is 36.1. The number of pyridine rings is 4. The second kappa shape index (κ2) is 17.5. The zero-order chi connectivity index (χ0) is 42.0. The molecule has 0 aliphatic heterocycles. The highest BCUT2D eigenvalue weighted by atomic mass is 35.5. The summed E-state index contributed by atoms with van der Waals surface area (Å²) in [5, 5.41) is 17.8. The van der Waals surface area contributed by atoms with Crippen LogP contribution in [-0.4, -0.2) is 58.2 Å². The summed E-state index contributed by atoms with van der Waals surface area (Å²) >= 11 is 13.2. The van der Waals surface area contributed by atoms with E-state index in [9.17, 15) is 9.59 Å². The zero-order valence-electron chi connectivity index (χ0n) is 34.6. The van der Waals surface area contributed by atoms with Crippen LogP contribution in [0.3, 0.4) is 0 Å². The van der Waals surface area contributed by atoms with Gasteiger partial charge in [-0.2, -0.15) is 20.2 Å². The van der Waals surface area contributed by atoms with Crippen LogP contribution in [0.1, 0.15) is 99.4 Å². The molecule has 0 aliphatic rings. The van der Waals surface area contributed by atoms with Gasteiger partial charge >= 0.3 is 12.1 Å². The van der Waals surface area contributed by atoms with Crippen molar-refractivity contribution in [3.63, 3.8) is 0 Å². The molecular weight excluding hydrogens is 779 g/mol. The number of rotatable bonds is 12. The van der Waals surface area contributed by atoms with Crippen LogP contribution in [0.2, 0.25) is 10.3 Å². The molecule has 58 heavy (non-hydrogen) atoms. The Balaban J connectivity index is 1.45. The molecule has 2 N–H and O–H groups in total. The van der Waals surface area contributed by atoms with Crippen molar-refractivity contribution in [2.24, 2.45) is 14.1 Å². The molecule has 0 bridgehead atoms. The second-order valence-corrected chi connectivity index (χ2v) is 15.6. The summed E-state index contributed by atoms with van der Waals surface area (Å²) < 4.78 is 9.40. The molecule has 6 aromatic heterocycles. The van der Waals surface area contributed by atoms with Crippen LogP contribution in [0.25, 0.3) is 22.1 Å². The topological polar surface area (TPSA) is 161 Å². The van der Waals surface area contributed by atoms with Gasteiger partial charge in [0.25, 0.3) is 0 Å². The van der Waals surface area contributed by atoms with Crippen LogP contribution in [0, 0.1) is 13.8 Å². The SMILES string of the molecule is CCCc1cc(N(C(=O)NCc2cc(C(C)C)c3c(n2)c(C)nn3C)N(C(=O)NCc2cc(C(C)C)c3c(n2)c(C)nn3C)c2cc(Cl)nc(OCC)c2)cc(Cl)n1. The first-order chi connectivity index (χ1) is 27.6. The molecule has 6 rings (SSSR count). The number of halogens is 2. The summed E-state index contributed by atoms with van der Waals surface area (Å²) in [4.78, 5) is 48.2. The van der Waals surface area contributed by atoms with E-state index in [2.05, 4.69) is 58.5 Å². The molecular formula is C41H50Cl2N12O3. The molecule has 0 aliphatic carbocycles. The van der Waals surface area contributed by atoms with E-state index in [1.807, 2.05) is 63.3 Å². The maximum atomic E-state index is 14.8. The van der Waals surface area contributed by atoms with E-state index in [1.165, 1.54) is 22.2 Å². The molecule has 306 valence electrons. The lowest BCUT2D eigenvalue weighted by Crippen LogP contribution is -2.57. The number of nitrogens with zero attached hydrogens (tertiary/aromatic N) is 10. The normalized spacial score (nSPS) is 11.6. The van der Waals surface area contributed by atoms with Crippen LogP contribution in [0.4, 0.5) is 21.0 Å². The number of urea groups is 2. The van der Waals surface area contributed by atoms with E-state index in [-0.39, 0.29) is 59.1 Å². The number of fused-ring (bicyclic) bond motifs is 2. The lowest BCUT2D eigenvalue weighted by molar-refractivity contribution is 0.236. The predicted octanol–water partition coefficient (Wildman–Crippen LogP) is 8.61. The van der Waals surface area contributed by atoms with Crippen molar-refractivity contribution in [2.45, 2.75) is 93.2 Å². The first-order valence-electron chi connectivity index (χ1n) is 19.4. The van der Waals surface area contributed by atoms with E-state index in [4.69, 9.17) is 37.9 Å². The van der Waals surface area contributed by atoms with E-state index in [0.717, 1.165) is 51.0 Å². The third-order valence-electron chi connectivity index (χ3n) is 9.63. The first-order valence-corrected chi connectivity index (χ1v) is 20.1. The van der Waals surface area contributed by atoms with Crippen molar-refractivity contribution in [1.82, 2.24) is 50.1 Å². The van der Waals surface area contributed by atoms with Crippen LogP contribution in [-0.2, 0) is 33.6 Å². The molecule has 6 heterocycles. The second-order valence-electron chi connectivity index (χ2n) is 14.8. The van der Waals surface area contributed by atoms with Crippen molar-refractivity contribution < 1.29 is 14.3 Å². The minimum absolute atomic E-state index is 0.0243. The summed E-state index contributed by atoms with van der Waals surface area (Å²) in [6.07, 6.45) is 1.35. The number of nitrogens with one attached hydrogen (secondary N) is 2. The van der Waals surface area contributed by atoms with E-state index >= 15 is 0 Å². The van der Waals surface area contributed by atoms with Crippen LogP contribution in [0.15, 0.2) is 36.4 Å². The average molecular weight is 830 g/mol. The van der Waals surface area contributed by atoms with Gasteiger partial charge in [0.05, 0.1) is 64.9 Å². The van der Waals surface area contributed by atoms with Gasteiger partial charge in [0.15, 0.2) is 0 Å². The van der Waals surface area contributed by atoms with Crippen LogP contribution >= 0.6 is 23.2 Å². The maximum absolute atomic E-state index is 14.8. The van der Waals surface area contributed by atoms with Crippen molar-refractivity contribution in [2.75, 3.05) is 16.6 Å². The lowest BCUT2D eigenvalue weighted by Gasteiger charge is -2.35. The highest BCUT2D eigenvalue weighted by molar-refractivity contribution is 6.30. The molecule has 0 saturated carbocycles. The Morgan fingerprint density at radius 2 is 1.16 bits per heavy atom. The molecule has 0 atom stereocenters. The van der Waals surface area contributed by atoms with Crippen molar-refractivity contribution in [3.8, 4) is 5.88 Å². The Kier molecular flexibility index (Phi) is 12.7. The molecule has 0 radical (unpaired) electrons. The molecule has 15 nitrogen and oxygen atoms in total. The highest BCUT2D eigenvalue weighted by Gasteiger charge is 2.32. The fraction of sp³-hybridized carbons (Fsp3) is 0.415.